The maximum absolute atomic E-state index is 6.04. The molecule has 0 unspecified atom stereocenters. The van der Waals surface area contributed by atoms with Crippen LogP contribution in [0.4, 0.5) is 5.82 Å². The molecule has 3 nitrogen and oxygen atoms in total. The standard InChI is InChI=1S/C16H16ClN3/c17-14-3-1-2-12(8-14)13-4-5-16(18-9-13)20-7-6-19-10-15(20)11-19/h1-5,8-9,15H,6-7,10-11H2. The van der Waals surface area contributed by atoms with Gasteiger partial charge < -0.3 is 4.90 Å². The van der Waals surface area contributed by atoms with Gasteiger partial charge in [0, 0.05) is 43.0 Å². The van der Waals surface area contributed by atoms with Crippen LogP contribution >= 0.6 is 11.6 Å². The zero-order valence-electron chi connectivity index (χ0n) is 11.2. The molecular formula is C16H16ClN3. The van der Waals surface area contributed by atoms with Crippen LogP contribution in [-0.4, -0.2) is 42.1 Å². The van der Waals surface area contributed by atoms with Crippen LogP contribution in [0.1, 0.15) is 0 Å². The molecule has 2 bridgehead atoms. The van der Waals surface area contributed by atoms with Gasteiger partial charge in [0.2, 0.25) is 0 Å². The van der Waals surface area contributed by atoms with Crippen LogP contribution in [0.25, 0.3) is 11.1 Å². The van der Waals surface area contributed by atoms with E-state index in [1.807, 2.05) is 24.4 Å². The number of piperazine rings is 2. The molecule has 0 radical (unpaired) electrons. The fourth-order valence-corrected chi connectivity index (χ4v) is 3.24. The van der Waals surface area contributed by atoms with Crippen LogP contribution in [0.3, 0.4) is 0 Å². The highest BCUT2D eigenvalue weighted by Gasteiger charge is 2.37. The van der Waals surface area contributed by atoms with Crippen molar-refractivity contribution in [2.75, 3.05) is 31.1 Å². The number of benzene rings is 1. The van der Waals surface area contributed by atoms with E-state index >= 15 is 0 Å². The van der Waals surface area contributed by atoms with E-state index in [4.69, 9.17) is 11.6 Å². The SMILES string of the molecule is Clc1cccc(-c2ccc(N3CCN4CC3C4)nc2)c1. The highest BCUT2D eigenvalue weighted by Crippen LogP contribution is 2.28. The second kappa shape index (κ2) is 4.76. The summed E-state index contributed by atoms with van der Waals surface area (Å²) in [5.41, 5.74) is 2.23. The maximum Gasteiger partial charge on any atom is 0.128 e. The summed E-state index contributed by atoms with van der Waals surface area (Å²) >= 11 is 6.04. The van der Waals surface area contributed by atoms with E-state index < -0.39 is 0 Å². The summed E-state index contributed by atoms with van der Waals surface area (Å²) in [5, 5.41) is 0.761. The van der Waals surface area contributed by atoms with Gasteiger partial charge in [0.25, 0.3) is 0 Å². The maximum atomic E-state index is 6.04. The molecule has 102 valence electrons. The summed E-state index contributed by atoms with van der Waals surface area (Å²) in [6, 6.07) is 12.8. The van der Waals surface area contributed by atoms with Gasteiger partial charge in [-0.1, -0.05) is 23.7 Å². The molecule has 0 N–H and O–H groups in total. The Morgan fingerprint density at radius 3 is 2.60 bits per heavy atom. The van der Waals surface area contributed by atoms with E-state index in [1.54, 1.807) is 0 Å². The molecular weight excluding hydrogens is 270 g/mol. The summed E-state index contributed by atoms with van der Waals surface area (Å²) in [6.07, 6.45) is 1.95. The van der Waals surface area contributed by atoms with Gasteiger partial charge in [-0.2, -0.15) is 0 Å². The molecule has 3 fully saturated rings. The third kappa shape index (κ3) is 2.07. The predicted octanol–water partition coefficient (Wildman–Crippen LogP) is 2.91. The van der Waals surface area contributed by atoms with E-state index in [0.717, 1.165) is 35.1 Å². The van der Waals surface area contributed by atoms with E-state index in [2.05, 4.69) is 33.0 Å². The van der Waals surface area contributed by atoms with E-state index in [0.29, 0.717) is 6.04 Å². The van der Waals surface area contributed by atoms with Crippen LogP contribution in [-0.2, 0) is 0 Å². The van der Waals surface area contributed by atoms with Crippen molar-refractivity contribution in [2.24, 2.45) is 0 Å². The monoisotopic (exact) mass is 285 g/mol. The molecule has 3 saturated heterocycles. The quantitative estimate of drug-likeness (QED) is 0.846. The minimum Gasteiger partial charge on any atom is -0.350 e. The number of fused-ring (bicyclic) bond motifs is 2. The first-order valence-electron chi connectivity index (χ1n) is 7.00. The molecule has 1 aromatic heterocycles. The smallest absolute Gasteiger partial charge is 0.128 e. The van der Waals surface area contributed by atoms with Gasteiger partial charge in [0.15, 0.2) is 0 Å². The first-order valence-corrected chi connectivity index (χ1v) is 7.38. The van der Waals surface area contributed by atoms with Crippen molar-refractivity contribution in [3.8, 4) is 11.1 Å². The molecule has 3 aliphatic rings. The van der Waals surface area contributed by atoms with Crippen LogP contribution in [0.5, 0.6) is 0 Å². The molecule has 4 heteroatoms. The van der Waals surface area contributed by atoms with Crippen molar-refractivity contribution in [1.82, 2.24) is 9.88 Å². The van der Waals surface area contributed by atoms with Gasteiger partial charge in [0.1, 0.15) is 5.82 Å². The summed E-state index contributed by atoms with van der Waals surface area (Å²) in [7, 11) is 0. The second-order valence-corrected chi connectivity index (χ2v) is 5.96. The van der Waals surface area contributed by atoms with Gasteiger partial charge in [0.05, 0.1) is 6.04 Å². The number of hydrogen-bond acceptors (Lipinski definition) is 3. The zero-order valence-corrected chi connectivity index (χ0v) is 11.9. The average molecular weight is 286 g/mol. The van der Waals surface area contributed by atoms with Crippen LogP contribution < -0.4 is 4.90 Å². The summed E-state index contributed by atoms with van der Waals surface area (Å²) in [6.45, 7) is 4.64. The van der Waals surface area contributed by atoms with Crippen LogP contribution in [0, 0.1) is 0 Å². The lowest BCUT2D eigenvalue weighted by molar-refractivity contribution is 0.109. The van der Waals surface area contributed by atoms with Crippen molar-refractivity contribution < 1.29 is 0 Å². The number of rotatable bonds is 2. The minimum absolute atomic E-state index is 0.660. The molecule has 4 heterocycles. The molecule has 0 saturated carbocycles. The molecule has 2 aromatic rings. The average Bonchev–Trinajstić information content (AvgIpc) is 2.47. The topological polar surface area (TPSA) is 19.4 Å². The van der Waals surface area contributed by atoms with E-state index in [-0.39, 0.29) is 0 Å². The second-order valence-electron chi connectivity index (χ2n) is 5.52. The van der Waals surface area contributed by atoms with Crippen molar-refractivity contribution >= 4 is 17.4 Å². The first-order chi connectivity index (χ1) is 9.79. The molecule has 0 spiro atoms. The highest BCUT2D eigenvalue weighted by molar-refractivity contribution is 6.30. The Labute approximate surface area is 123 Å². The first kappa shape index (κ1) is 12.2. The Morgan fingerprint density at radius 1 is 1.05 bits per heavy atom. The Kier molecular flexibility index (Phi) is 2.90. The Bertz CT molecular complexity index is 617. The number of anilines is 1. The molecule has 0 amide bonds. The van der Waals surface area contributed by atoms with Gasteiger partial charge in [-0.3, -0.25) is 4.90 Å². The normalized spacial score (nSPS) is 24.4. The summed E-state index contributed by atoms with van der Waals surface area (Å²) in [4.78, 5) is 9.57. The number of pyridine rings is 1. The number of hydrogen-bond donors (Lipinski definition) is 0. The van der Waals surface area contributed by atoms with E-state index in [1.165, 1.54) is 13.1 Å². The van der Waals surface area contributed by atoms with E-state index in [9.17, 15) is 0 Å². The Balaban J connectivity index is 1.59. The fraction of sp³-hybridized carbons (Fsp3) is 0.312. The largest absolute Gasteiger partial charge is 0.350 e. The Hall–Kier alpha value is -1.58. The van der Waals surface area contributed by atoms with Crippen LogP contribution in [0.2, 0.25) is 5.02 Å². The van der Waals surface area contributed by atoms with Gasteiger partial charge in [-0.15, -0.1) is 0 Å². The lowest BCUT2D eigenvalue weighted by atomic mass is 10.0. The van der Waals surface area contributed by atoms with Crippen molar-refractivity contribution in [3.05, 3.63) is 47.6 Å². The zero-order chi connectivity index (χ0) is 13.5. The van der Waals surface area contributed by atoms with Crippen molar-refractivity contribution in [1.29, 1.82) is 0 Å². The number of aromatic nitrogens is 1. The van der Waals surface area contributed by atoms with Crippen molar-refractivity contribution in [2.45, 2.75) is 6.04 Å². The minimum atomic E-state index is 0.660. The third-order valence-corrected chi connectivity index (χ3v) is 4.47. The van der Waals surface area contributed by atoms with Gasteiger partial charge >= 0.3 is 0 Å². The molecule has 1 aromatic carbocycles. The summed E-state index contributed by atoms with van der Waals surface area (Å²) in [5.74, 6) is 1.10. The van der Waals surface area contributed by atoms with Crippen molar-refractivity contribution in [3.63, 3.8) is 0 Å². The third-order valence-electron chi connectivity index (χ3n) is 4.24. The molecule has 20 heavy (non-hydrogen) atoms. The van der Waals surface area contributed by atoms with Gasteiger partial charge in [-0.05, 0) is 29.8 Å². The summed E-state index contributed by atoms with van der Waals surface area (Å²) < 4.78 is 0. The fourth-order valence-electron chi connectivity index (χ4n) is 3.05. The highest BCUT2D eigenvalue weighted by atomic mass is 35.5. The number of halogens is 1. The lowest BCUT2D eigenvalue weighted by Gasteiger charge is -2.51. The Morgan fingerprint density at radius 2 is 1.95 bits per heavy atom. The van der Waals surface area contributed by atoms with Crippen LogP contribution in [0.15, 0.2) is 42.6 Å². The molecule has 0 atom stereocenters. The predicted molar refractivity (Wildman–Crippen MR) is 82.3 cm³/mol. The lowest BCUT2D eigenvalue weighted by Crippen LogP contribution is -2.66. The molecule has 3 aliphatic heterocycles. The molecule has 5 rings (SSSR count). The number of nitrogens with zero attached hydrogens (tertiary/aromatic N) is 3. The van der Waals surface area contributed by atoms with Gasteiger partial charge in [-0.25, -0.2) is 4.98 Å². The molecule has 0 aliphatic carbocycles.